The van der Waals surface area contributed by atoms with Crippen LogP contribution in [0.15, 0.2) is 12.8 Å². The Morgan fingerprint density at radius 2 is 1.48 bits per heavy atom. The van der Waals surface area contributed by atoms with Crippen LogP contribution in [0.2, 0.25) is 45.8 Å². The normalized spacial score (nSPS) is 12.8. The Morgan fingerprint density at radius 1 is 0.913 bits per heavy atom. The Balaban J connectivity index is 4.00. The Labute approximate surface area is 143 Å². The van der Waals surface area contributed by atoms with Crippen molar-refractivity contribution >= 4 is 31.6 Å². The van der Waals surface area contributed by atoms with Gasteiger partial charge in [-0.2, -0.15) is 0 Å². The van der Waals surface area contributed by atoms with Gasteiger partial charge in [-0.25, -0.2) is 4.79 Å². The van der Waals surface area contributed by atoms with Crippen molar-refractivity contribution in [3.8, 4) is 0 Å². The van der Waals surface area contributed by atoms with Crippen LogP contribution in [-0.4, -0.2) is 44.8 Å². The van der Waals surface area contributed by atoms with Crippen molar-refractivity contribution < 1.29 is 26.9 Å². The average Bonchev–Trinajstić information content (AvgIpc) is 2.29. The van der Waals surface area contributed by atoms with Crippen molar-refractivity contribution in [2.45, 2.75) is 58.7 Å². The predicted octanol–water partition coefficient (Wildman–Crippen LogP) is 4.35. The van der Waals surface area contributed by atoms with Crippen molar-refractivity contribution in [1.82, 2.24) is 0 Å². The lowest BCUT2D eigenvalue weighted by Gasteiger charge is -2.36. The maximum Gasteiger partial charge on any atom is 0.513 e. The quantitative estimate of drug-likeness (QED) is 0.230. The highest BCUT2D eigenvalue weighted by Gasteiger charge is 2.39. The summed E-state index contributed by atoms with van der Waals surface area (Å²) in [6, 6.07) is 0. The minimum atomic E-state index is -2.22. The number of carbonyl (C=O) groups excluding carboxylic acids is 1. The zero-order valence-electron chi connectivity index (χ0n) is 15.6. The average molecular weight is 381 g/mol. The Bertz CT molecular complexity index is 379. The third-order valence-electron chi connectivity index (χ3n) is 2.43. The number of unbranched alkanes of at least 4 members (excludes halogenated alkanes) is 1. The fourth-order valence-corrected chi connectivity index (χ4v) is 14.2. The maximum absolute atomic E-state index is 10.9. The summed E-state index contributed by atoms with van der Waals surface area (Å²) in [7, 11) is -6.01. The number of rotatable bonds is 11. The maximum atomic E-state index is 10.9. The second-order valence-corrected chi connectivity index (χ2v) is 18.8. The minimum Gasteiger partial charge on any atom is -0.437 e. The van der Waals surface area contributed by atoms with E-state index in [1.807, 2.05) is 13.1 Å². The number of hydrogen-bond donors (Lipinski definition) is 0. The molecule has 0 fully saturated rings. The summed E-state index contributed by atoms with van der Waals surface area (Å²) in [6.45, 7) is 18.9. The fourth-order valence-electron chi connectivity index (χ4n) is 2.16. The first-order valence-corrected chi connectivity index (χ1v) is 16.9. The number of carbonyl (C=O) groups is 1. The van der Waals surface area contributed by atoms with Crippen molar-refractivity contribution in [2.75, 3.05) is 13.2 Å². The molecule has 0 bridgehead atoms. The molecule has 0 rings (SSSR count). The van der Waals surface area contributed by atoms with Gasteiger partial charge in [0.25, 0.3) is 0 Å². The van der Waals surface area contributed by atoms with Crippen LogP contribution < -0.4 is 0 Å². The molecule has 0 radical (unpaired) electrons. The van der Waals surface area contributed by atoms with Gasteiger partial charge in [-0.05, 0) is 58.7 Å². The van der Waals surface area contributed by atoms with Crippen LogP contribution >= 0.6 is 0 Å². The van der Waals surface area contributed by atoms with Gasteiger partial charge >= 0.3 is 23.3 Å². The molecule has 0 aromatic heterocycles. The molecule has 0 saturated heterocycles. The van der Waals surface area contributed by atoms with Crippen LogP contribution in [0.1, 0.15) is 12.8 Å². The van der Waals surface area contributed by atoms with Gasteiger partial charge in [0.05, 0.1) is 12.9 Å². The molecule has 0 aromatic rings. The van der Waals surface area contributed by atoms with Crippen LogP contribution in [0.5, 0.6) is 0 Å². The van der Waals surface area contributed by atoms with E-state index >= 15 is 0 Å². The second-order valence-electron chi connectivity index (χ2n) is 7.05. The molecule has 6 nitrogen and oxygen atoms in total. The molecule has 0 unspecified atom stereocenters. The van der Waals surface area contributed by atoms with Gasteiger partial charge in [0.15, 0.2) is 8.32 Å². The predicted molar refractivity (Wildman–Crippen MR) is 98.3 cm³/mol. The zero-order chi connectivity index (χ0) is 18.1. The van der Waals surface area contributed by atoms with Gasteiger partial charge in [0.2, 0.25) is 0 Å². The van der Waals surface area contributed by atoms with Crippen LogP contribution in [0.3, 0.4) is 0 Å². The summed E-state index contributed by atoms with van der Waals surface area (Å²) >= 11 is 0. The third-order valence-corrected chi connectivity index (χ3v) is 11.7. The molecule has 9 heteroatoms. The monoisotopic (exact) mass is 380 g/mol. The van der Waals surface area contributed by atoms with E-state index in [-0.39, 0.29) is 0 Å². The number of ether oxygens (including phenoxy) is 2. The van der Waals surface area contributed by atoms with Gasteiger partial charge in [-0.3, -0.25) is 0 Å². The highest BCUT2D eigenvalue weighted by molar-refractivity contribution is 6.85. The van der Waals surface area contributed by atoms with Crippen LogP contribution in [-0.2, 0) is 22.1 Å². The summed E-state index contributed by atoms with van der Waals surface area (Å²) in [4.78, 5) is 10.9. The lowest BCUT2D eigenvalue weighted by Crippen LogP contribution is -2.52. The molecule has 0 atom stereocenters. The standard InChI is InChI=1S/C14H32O6Si3/c1-9-16-14(15)17-12-10-11-13-18-22(5,6)20-23(7,8)19-21(2,3)4/h9H,1,10-13H2,2-8H3. The molecule has 0 aromatic carbocycles. The molecular formula is C14H32O6Si3. The molecule has 0 amide bonds. The van der Waals surface area contributed by atoms with Crippen molar-refractivity contribution in [2.24, 2.45) is 0 Å². The first-order chi connectivity index (χ1) is 10.4. The smallest absolute Gasteiger partial charge is 0.437 e. The molecule has 0 aliphatic rings. The van der Waals surface area contributed by atoms with Crippen molar-refractivity contribution in [3.63, 3.8) is 0 Å². The molecule has 136 valence electrons. The molecule has 23 heavy (non-hydrogen) atoms. The lowest BCUT2D eigenvalue weighted by molar-refractivity contribution is 0.0818. The second kappa shape index (κ2) is 9.74. The van der Waals surface area contributed by atoms with E-state index < -0.39 is 31.6 Å². The third kappa shape index (κ3) is 13.7. The van der Waals surface area contributed by atoms with E-state index in [4.69, 9.17) is 17.4 Å². The fraction of sp³-hybridized carbons (Fsp3) is 0.786. The summed E-state index contributed by atoms with van der Waals surface area (Å²) in [5.41, 5.74) is 0. The number of hydrogen-bond acceptors (Lipinski definition) is 6. The van der Waals surface area contributed by atoms with E-state index in [1.54, 1.807) is 0 Å². The van der Waals surface area contributed by atoms with Crippen LogP contribution in [0, 0.1) is 0 Å². The van der Waals surface area contributed by atoms with Gasteiger partial charge < -0.3 is 22.1 Å². The van der Waals surface area contributed by atoms with E-state index in [2.05, 4.69) is 44.1 Å². The molecule has 0 aliphatic carbocycles. The topological polar surface area (TPSA) is 63.2 Å². The van der Waals surface area contributed by atoms with Crippen LogP contribution in [0.25, 0.3) is 0 Å². The van der Waals surface area contributed by atoms with Gasteiger partial charge in [-0.15, -0.1) is 0 Å². The minimum absolute atomic E-state index is 0.303. The lowest BCUT2D eigenvalue weighted by atomic mass is 10.3. The first-order valence-electron chi connectivity index (χ1n) is 7.85. The SMILES string of the molecule is C=COC(=O)OCCCCO[Si](C)(C)O[Si](C)(C)O[Si](C)(C)C. The Hall–Kier alpha value is -0.459. The Kier molecular flexibility index (Phi) is 9.55. The van der Waals surface area contributed by atoms with Gasteiger partial charge in [-0.1, -0.05) is 6.58 Å². The van der Waals surface area contributed by atoms with E-state index in [0.29, 0.717) is 19.6 Å². The van der Waals surface area contributed by atoms with Gasteiger partial charge in [0.1, 0.15) is 0 Å². The largest absolute Gasteiger partial charge is 0.513 e. The highest BCUT2D eigenvalue weighted by atomic mass is 28.5. The Morgan fingerprint density at radius 3 is 2.00 bits per heavy atom. The molecule has 0 aliphatic heterocycles. The van der Waals surface area contributed by atoms with E-state index in [0.717, 1.165) is 12.7 Å². The van der Waals surface area contributed by atoms with Crippen molar-refractivity contribution in [3.05, 3.63) is 12.8 Å². The molecule has 0 N–H and O–H groups in total. The van der Waals surface area contributed by atoms with Gasteiger partial charge in [0, 0.05) is 6.61 Å². The molecule has 0 heterocycles. The van der Waals surface area contributed by atoms with E-state index in [9.17, 15) is 4.79 Å². The zero-order valence-corrected chi connectivity index (χ0v) is 18.6. The highest BCUT2D eigenvalue weighted by Crippen LogP contribution is 2.21. The summed E-state index contributed by atoms with van der Waals surface area (Å²) in [6.07, 6.45) is 1.82. The van der Waals surface area contributed by atoms with E-state index in [1.165, 1.54) is 0 Å². The van der Waals surface area contributed by atoms with Crippen LogP contribution in [0.4, 0.5) is 4.79 Å². The summed E-state index contributed by atoms with van der Waals surface area (Å²) < 4.78 is 27.6. The summed E-state index contributed by atoms with van der Waals surface area (Å²) in [5.74, 6) is 0. The molecule has 0 spiro atoms. The van der Waals surface area contributed by atoms with Crippen molar-refractivity contribution in [1.29, 1.82) is 0 Å². The molecule has 0 saturated carbocycles. The molecular weight excluding hydrogens is 348 g/mol. The first kappa shape index (κ1) is 22.5. The summed E-state index contributed by atoms with van der Waals surface area (Å²) in [5, 5.41) is 0.